The minimum absolute atomic E-state index is 0.0532. The van der Waals surface area contributed by atoms with Crippen LogP contribution in [0.3, 0.4) is 0 Å². The Hall–Kier alpha value is -1.20. The van der Waals surface area contributed by atoms with Gasteiger partial charge in [-0.3, -0.25) is 4.68 Å². The molecule has 0 saturated carbocycles. The number of aryl methyl sites for hydroxylation is 1. The number of rotatable bonds is 3. The number of nitrogens with zero attached hydrogens (tertiary/aromatic N) is 3. The van der Waals surface area contributed by atoms with E-state index >= 15 is 0 Å². The Kier molecular flexibility index (Phi) is 2.83. The summed E-state index contributed by atoms with van der Waals surface area (Å²) in [4.78, 5) is 5.45. The molecule has 0 bridgehead atoms. The molecule has 5 heteroatoms. The van der Waals surface area contributed by atoms with Gasteiger partial charge in [-0.25, -0.2) is 4.98 Å². The zero-order valence-electron chi connectivity index (χ0n) is 8.84. The molecule has 0 aliphatic heterocycles. The van der Waals surface area contributed by atoms with Crippen molar-refractivity contribution in [1.29, 1.82) is 0 Å². The highest BCUT2D eigenvalue weighted by Crippen LogP contribution is 2.27. The molecule has 1 unspecified atom stereocenters. The predicted molar refractivity (Wildman–Crippen MR) is 61.6 cm³/mol. The smallest absolute Gasteiger partial charge is 0.126 e. The van der Waals surface area contributed by atoms with Gasteiger partial charge in [-0.1, -0.05) is 0 Å². The molecule has 2 N–H and O–H groups in total. The third kappa shape index (κ3) is 2.08. The number of hydrogen-bond donors (Lipinski definition) is 1. The van der Waals surface area contributed by atoms with Gasteiger partial charge in [0.2, 0.25) is 0 Å². The van der Waals surface area contributed by atoms with Gasteiger partial charge in [0, 0.05) is 35.4 Å². The molecule has 2 aromatic heterocycles. The molecular formula is C10H14N4S. The van der Waals surface area contributed by atoms with Crippen molar-refractivity contribution in [2.45, 2.75) is 26.4 Å². The molecule has 2 heterocycles. The zero-order valence-corrected chi connectivity index (χ0v) is 9.66. The maximum absolute atomic E-state index is 5.79. The van der Waals surface area contributed by atoms with Crippen molar-refractivity contribution in [1.82, 2.24) is 14.8 Å². The summed E-state index contributed by atoms with van der Waals surface area (Å²) < 4.78 is 1.89. The highest BCUT2D eigenvalue weighted by atomic mass is 32.1. The second-order valence-electron chi connectivity index (χ2n) is 3.44. The van der Waals surface area contributed by atoms with Crippen molar-refractivity contribution >= 4 is 11.3 Å². The maximum atomic E-state index is 5.79. The molecule has 0 radical (unpaired) electrons. The standard InChI is InChI=1S/C10H14N4S/c1-3-14-6-8(4-13-14)10-12-5-9(15-10)7(2)11/h4-7H,3,11H2,1-2H3. The van der Waals surface area contributed by atoms with E-state index in [1.807, 2.05) is 30.2 Å². The molecule has 2 aromatic rings. The Morgan fingerprint density at radius 2 is 2.33 bits per heavy atom. The Morgan fingerprint density at radius 1 is 1.53 bits per heavy atom. The summed E-state index contributed by atoms with van der Waals surface area (Å²) in [6, 6.07) is 0.0532. The summed E-state index contributed by atoms with van der Waals surface area (Å²) >= 11 is 1.63. The number of aromatic nitrogens is 3. The van der Waals surface area contributed by atoms with Gasteiger partial charge in [0.1, 0.15) is 5.01 Å². The average molecular weight is 222 g/mol. The van der Waals surface area contributed by atoms with Crippen LogP contribution in [0.2, 0.25) is 0 Å². The van der Waals surface area contributed by atoms with E-state index in [0.717, 1.165) is 22.0 Å². The quantitative estimate of drug-likeness (QED) is 0.864. The lowest BCUT2D eigenvalue weighted by molar-refractivity contribution is 0.660. The fourth-order valence-electron chi connectivity index (χ4n) is 1.28. The Morgan fingerprint density at radius 3 is 2.87 bits per heavy atom. The van der Waals surface area contributed by atoms with E-state index < -0.39 is 0 Å². The Labute approximate surface area is 92.8 Å². The fourth-order valence-corrected chi connectivity index (χ4v) is 2.12. The molecule has 1 atom stereocenters. The van der Waals surface area contributed by atoms with E-state index in [-0.39, 0.29) is 6.04 Å². The van der Waals surface area contributed by atoms with Gasteiger partial charge < -0.3 is 5.73 Å². The van der Waals surface area contributed by atoms with Crippen molar-refractivity contribution in [2.75, 3.05) is 0 Å². The second-order valence-corrected chi connectivity index (χ2v) is 4.50. The zero-order chi connectivity index (χ0) is 10.8. The summed E-state index contributed by atoms with van der Waals surface area (Å²) in [6.45, 7) is 4.91. The SMILES string of the molecule is CCn1cc(-c2ncc(C(C)N)s2)cn1. The van der Waals surface area contributed by atoms with Crippen molar-refractivity contribution in [3.63, 3.8) is 0 Å². The van der Waals surface area contributed by atoms with Crippen LogP contribution in [0.5, 0.6) is 0 Å². The third-order valence-electron chi connectivity index (χ3n) is 2.18. The van der Waals surface area contributed by atoms with Crippen LogP contribution in [0, 0.1) is 0 Å². The average Bonchev–Trinajstić information content (AvgIpc) is 2.86. The van der Waals surface area contributed by atoms with E-state index in [2.05, 4.69) is 17.0 Å². The number of nitrogens with two attached hydrogens (primary N) is 1. The van der Waals surface area contributed by atoms with Crippen LogP contribution in [-0.2, 0) is 6.54 Å². The van der Waals surface area contributed by atoms with Crippen LogP contribution in [-0.4, -0.2) is 14.8 Å². The first kappa shape index (κ1) is 10.3. The van der Waals surface area contributed by atoms with E-state index in [9.17, 15) is 0 Å². The fraction of sp³-hybridized carbons (Fsp3) is 0.400. The van der Waals surface area contributed by atoms with E-state index in [1.165, 1.54) is 0 Å². The van der Waals surface area contributed by atoms with Gasteiger partial charge in [0.05, 0.1) is 6.20 Å². The minimum atomic E-state index is 0.0532. The molecule has 4 nitrogen and oxygen atoms in total. The van der Waals surface area contributed by atoms with Gasteiger partial charge in [0.25, 0.3) is 0 Å². The lowest BCUT2D eigenvalue weighted by Gasteiger charge is -1.96. The van der Waals surface area contributed by atoms with Crippen molar-refractivity contribution in [2.24, 2.45) is 5.73 Å². The Balaban J connectivity index is 2.28. The highest BCUT2D eigenvalue weighted by molar-refractivity contribution is 7.15. The Bertz CT molecular complexity index is 444. The normalized spacial score (nSPS) is 13.0. The summed E-state index contributed by atoms with van der Waals surface area (Å²) in [6.07, 6.45) is 5.69. The van der Waals surface area contributed by atoms with Crippen molar-refractivity contribution in [3.8, 4) is 10.6 Å². The number of thiazole rings is 1. The summed E-state index contributed by atoms with van der Waals surface area (Å²) in [5.41, 5.74) is 6.85. The molecule has 0 spiro atoms. The summed E-state index contributed by atoms with van der Waals surface area (Å²) in [5.74, 6) is 0. The molecule has 80 valence electrons. The molecule has 15 heavy (non-hydrogen) atoms. The maximum Gasteiger partial charge on any atom is 0.126 e. The first-order chi connectivity index (χ1) is 7.20. The lowest BCUT2D eigenvalue weighted by atomic mass is 10.3. The van der Waals surface area contributed by atoms with Crippen LogP contribution < -0.4 is 5.73 Å². The van der Waals surface area contributed by atoms with E-state index in [1.54, 1.807) is 11.3 Å². The van der Waals surface area contributed by atoms with Crippen LogP contribution in [0.1, 0.15) is 24.8 Å². The molecule has 0 aliphatic carbocycles. The third-order valence-corrected chi connectivity index (χ3v) is 3.42. The molecular weight excluding hydrogens is 208 g/mol. The van der Waals surface area contributed by atoms with Gasteiger partial charge >= 0.3 is 0 Å². The van der Waals surface area contributed by atoms with Gasteiger partial charge in [-0.2, -0.15) is 5.10 Å². The summed E-state index contributed by atoms with van der Waals surface area (Å²) in [7, 11) is 0. The van der Waals surface area contributed by atoms with Crippen LogP contribution in [0.4, 0.5) is 0 Å². The van der Waals surface area contributed by atoms with Crippen molar-refractivity contribution in [3.05, 3.63) is 23.5 Å². The lowest BCUT2D eigenvalue weighted by Crippen LogP contribution is -2.01. The molecule has 0 aliphatic rings. The first-order valence-corrected chi connectivity index (χ1v) is 5.76. The monoisotopic (exact) mass is 222 g/mol. The van der Waals surface area contributed by atoms with Crippen LogP contribution in [0.25, 0.3) is 10.6 Å². The minimum Gasteiger partial charge on any atom is -0.323 e. The molecule has 0 aromatic carbocycles. The van der Waals surface area contributed by atoms with E-state index in [0.29, 0.717) is 0 Å². The highest BCUT2D eigenvalue weighted by Gasteiger charge is 2.08. The summed E-state index contributed by atoms with van der Waals surface area (Å²) in [5, 5.41) is 5.21. The predicted octanol–water partition coefficient (Wildman–Crippen LogP) is 2.05. The topological polar surface area (TPSA) is 56.7 Å². The first-order valence-electron chi connectivity index (χ1n) is 4.95. The second kappa shape index (κ2) is 4.12. The molecule has 0 amide bonds. The molecule has 2 rings (SSSR count). The van der Waals surface area contributed by atoms with E-state index in [4.69, 9.17) is 5.73 Å². The molecule has 0 saturated heterocycles. The number of hydrogen-bond acceptors (Lipinski definition) is 4. The molecule has 0 fully saturated rings. The van der Waals surface area contributed by atoms with Gasteiger partial charge in [-0.05, 0) is 13.8 Å². The van der Waals surface area contributed by atoms with Gasteiger partial charge in [-0.15, -0.1) is 11.3 Å². The van der Waals surface area contributed by atoms with Crippen molar-refractivity contribution < 1.29 is 0 Å². The largest absolute Gasteiger partial charge is 0.323 e. The van der Waals surface area contributed by atoms with Crippen LogP contribution in [0.15, 0.2) is 18.6 Å². The van der Waals surface area contributed by atoms with Crippen LogP contribution >= 0.6 is 11.3 Å². The van der Waals surface area contributed by atoms with Gasteiger partial charge in [0.15, 0.2) is 0 Å².